The van der Waals surface area contributed by atoms with E-state index in [4.69, 9.17) is 0 Å². The number of carbonyl (C=O) groups excluding carboxylic acids is 1. The second kappa shape index (κ2) is 8.03. The lowest BCUT2D eigenvalue weighted by atomic mass is 9.98. The lowest BCUT2D eigenvalue weighted by molar-refractivity contribution is 0.102. The summed E-state index contributed by atoms with van der Waals surface area (Å²) in [5.41, 5.74) is 6.09. The summed E-state index contributed by atoms with van der Waals surface area (Å²) in [6.45, 7) is 7.87. The average Bonchev–Trinajstić information content (AvgIpc) is 2.74. The molecule has 2 heterocycles. The Labute approximate surface area is 171 Å². The van der Waals surface area contributed by atoms with Crippen molar-refractivity contribution in [3.05, 3.63) is 82.7 Å². The van der Waals surface area contributed by atoms with Crippen LogP contribution in [-0.2, 0) is 13.0 Å². The van der Waals surface area contributed by atoms with Crippen LogP contribution >= 0.6 is 0 Å². The maximum Gasteiger partial charge on any atom is 0.274 e. The molecule has 0 bridgehead atoms. The topological polar surface area (TPSA) is 58.1 Å². The van der Waals surface area contributed by atoms with E-state index in [1.54, 1.807) is 12.3 Å². The van der Waals surface area contributed by atoms with Crippen LogP contribution in [0.3, 0.4) is 0 Å². The fraction of sp³-hybridized carbons (Fsp3) is 0.292. The summed E-state index contributed by atoms with van der Waals surface area (Å²) >= 11 is 0. The molecule has 1 N–H and O–H groups in total. The summed E-state index contributed by atoms with van der Waals surface area (Å²) in [5.74, 6) is 0.711. The van der Waals surface area contributed by atoms with Crippen molar-refractivity contribution in [3.63, 3.8) is 0 Å². The zero-order valence-corrected chi connectivity index (χ0v) is 17.1. The SMILES string of the molecule is Cc1cccc(C(C)C)c1NC(=O)c1ccnc(N2CCc3ccccc3C2)n1. The highest BCUT2D eigenvalue weighted by atomic mass is 16.1. The molecular weight excluding hydrogens is 360 g/mol. The summed E-state index contributed by atoms with van der Waals surface area (Å²) in [7, 11) is 0. The van der Waals surface area contributed by atoms with Gasteiger partial charge in [-0.05, 0) is 47.6 Å². The van der Waals surface area contributed by atoms with Crippen molar-refractivity contribution < 1.29 is 4.79 Å². The maximum absolute atomic E-state index is 13.0. The number of carbonyl (C=O) groups is 1. The number of fused-ring (bicyclic) bond motifs is 1. The standard InChI is InChI=1S/C24H26N4O/c1-16(2)20-10-6-7-17(3)22(20)27-23(29)21-11-13-25-24(26-21)28-14-12-18-8-4-5-9-19(18)15-28/h4-11,13,16H,12,14-15H2,1-3H3,(H,27,29). The molecule has 5 nitrogen and oxygen atoms in total. The molecule has 29 heavy (non-hydrogen) atoms. The van der Waals surface area contributed by atoms with Crippen molar-refractivity contribution >= 4 is 17.5 Å². The van der Waals surface area contributed by atoms with Crippen LogP contribution in [0.25, 0.3) is 0 Å². The summed E-state index contributed by atoms with van der Waals surface area (Å²) in [6, 6.07) is 16.2. The van der Waals surface area contributed by atoms with Gasteiger partial charge < -0.3 is 10.2 Å². The highest BCUT2D eigenvalue weighted by Gasteiger charge is 2.20. The zero-order valence-electron chi connectivity index (χ0n) is 17.1. The van der Waals surface area contributed by atoms with Gasteiger partial charge in [0.05, 0.1) is 0 Å². The number of aryl methyl sites for hydroxylation is 1. The third-order valence-corrected chi connectivity index (χ3v) is 5.45. The molecule has 0 aliphatic carbocycles. The minimum Gasteiger partial charge on any atom is -0.336 e. The Morgan fingerprint density at radius 1 is 1.07 bits per heavy atom. The number of aromatic nitrogens is 2. The number of hydrogen-bond acceptors (Lipinski definition) is 4. The van der Waals surface area contributed by atoms with Gasteiger partial charge in [0.2, 0.25) is 5.95 Å². The first-order valence-electron chi connectivity index (χ1n) is 10.1. The minimum atomic E-state index is -0.206. The van der Waals surface area contributed by atoms with Crippen LogP contribution in [0.4, 0.5) is 11.6 Å². The average molecular weight is 386 g/mol. The lowest BCUT2D eigenvalue weighted by Gasteiger charge is -2.28. The highest BCUT2D eigenvalue weighted by molar-refractivity contribution is 6.03. The van der Waals surface area contributed by atoms with Gasteiger partial charge in [-0.3, -0.25) is 4.79 Å². The third kappa shape index (κ3) is 3.99. The van der Waals surface area contributed by atoms with E-state index < -0.39 is 0 Å². The van der Waals surface area contributed by atoms with Crippen molar-refractivity contribution in [2.75, 3.05) is 16.8 Å². The van der Waals surface area contributed by atoms with Gasteiger partial charge in [-0.1, -0.05) is 56.3 Å². The van der Waals surface area contributed by atoms with Crippen molar-refractivity contribution in [2.24, 2.45) is 0 Å². The smallest absolute Gasteiger partial charge is 0.274 e. The minimum absolute atomic E-state index is 0.206. The van der Waals surface area contributed by atoms with E-state index in [9.17, 15) is 4.79 Å². The van der Waals surface area contributed by atoms with Gasteiger partial charge in [0.25, 0.3) is 5.91 Å². The van der Waals surface area contributed by atoms with Gasteiger partial charge in [-0.25, -0.2) is 9.97 Å². The fourth-order valence-electron chi connectivity index (χ4n) is 3.81. The molecule has 0 saturated carbocycles. The van der Waals surface area contributed by atoms with E-state index in [-0.39, 0.29) is 5.91 Å². The first kappa shape index (κ1) is 19.1. The second-order valence-electron chi connectivity index (χ2n) is 7.83. The quantitative estimate of drug-likeness (QED) is 0.705. The Bertz CT molecular complexity index is 1040. The van der Waals surface area contributed by atoms with Crippen LogP contribution < -0.4 is 10.2 Å². The Balaban J connectivity index is 1.56. The van der Waals surface area contributed by atoms with Crippen molar-refractivity contribution in [1.82, 2.24) is 9.97 Å². The Kier molecular flexibility index (Phi) is 5.30. The van der Waals surface area contributed by atoms with Crippen LogP contribution in [0.15, 0.2) is 54.7 Å². The number of amides is 1. The largest absolute Gasteiger partial charge is 0.336 e. The molecule has 0 atom stereocenters. The molecular formula is C24H26N4O. The summed E-state index contributed by atoms with van der Waals surface area (Å²) in [5, 5.41) is 3.07. The van der Waals surface area contributed by atoms with E-state index in [1.807, 2.05) is 19.1 Å². The van der Waals surface area contributed by atoms with Crippen LogP contribution in [0.2, 0.25) is 0 Å². The molecule has 0 fully saturated rings. The van der Waals surface area contributed by atoms with Gasteiger partial charge in [0, 0.05) is 25.0 Å². The molecule has 0 radical (unpaired) electrons. The van der Waals surface area contributed by atoms with Gasteiger partial charge in [-0.15, -0.1) is 0 Å². The Morgan fingerprint density at radius 2 is 1.86 bits per heavy atom. The van der Waals surface area contributed by atoms with Gasteiger partial charge in [0.15, 0.2) is 0 Å². The molecule has 0 unspecified atom stereocenters. The number of benzene rings is 2. The Morgan fingerprint density at radius 3 is 2.66 bits per heavy atom. The van der Waals surface area contributed by atoms with Crippen LogP contribution in [0.1, 0.15) is 52.5 Å². The molecule has 1 aromatic heterocycles. The number of hydrogen-bond donors (Lipinski definition) is 1. The second-order valence-corrected chi connectivity index (χ2v) is 7.83. The molecule has 0 saturated heterocycles. The van der Waals surface area contributed by atoms with E-state index >= 15 is 0 Å². The molecule has 1 aliphatic heterocycles. The predicted molar refractivity (Wildman–Crippen MR) is 116 cm³/mol. The number of rotatable bonds is 4. The first-order chi connectivity index (χ1) is 14.0. The van der Waals surface area contributed by atoms with E-state index in [0.29, 0.717) is 17.6 Å². The molecule has 5 heteroatoms. The molecule has 3 aromatic rings. The molecule has 4 rings (SSSR count). The molecule has 2 aromatic carbocycles. The number of nitrogens with zero attached hydrogens (tertiary/aromatic N) is 3. The van der Waals surface area contributed by atoms with E-state index in [0.717, 1.165) is 36.3 Å². The zero-order chi connectivity index (χ0) is 20.4. The lowest BCUT2D eigenvalue weighted by Crippen LogP contribution is -2.32. The first-order valence-corrected chi connectivity index (χ1v) is 10.1. The predicted octanol–water partition coefficient (Wildman–Crippen LogP) is 4.72. The van der Waals surface area contributed by atoms with Crippen molar-refractivity contribution in [2.45, 2.75) is 39.7 Å². The summed E-state index contributed by atoms with van der Waals surface area (Å²) in [6.07, 6.45) is 2.62. The molecule has 0 spiro atoms. The third-order valence-electron chi connectivity index (χ3n) is 5.45. The molecule has 148 valence electrons. The fourth-order valence-corrected chi connectivity index (χ4v) is 3.81. The van der Waals surface area contributed by atoms with Crippen LogP contribution in [0, 0.1) is 6.92 Å². The monoisotopic (exact) mass is 386 g/mol. The van der Waals surface area contributed by atoms with Crippen molar-refractivity contribution in [1.29, 1.82) is 0 Å². The normalized spacial score (nSPS) is 13.3. The number of anilines is 2. The van der Waals surface area contributed by atoms with Gasteiger partial charge >= 0.3 is 0 Å². The molecule has 1 amide bonds. The van der Waals surface area contributed by atoms with Crippen LogP contribution in [0.5, 0.6) is 0 Å². The van der Waals surface area contributed by atoms with Crippen LogP contribution in [-0.4, -0.2) is 22.4 Å². The van der Waals surface area contributed by atoms with Gasteiger partial charge in [-0.2, -0.15) is 0 Å². The Hall–Kier alpha value is -3.21. The number of nitrogens with one attached hydrogen (secondary N) is 1. The maximum atomic E-state index is 13.0. The van der Waals surface area contributed by atoms with Crippen molar-refractivity contribution in [3.8, 4) is 0 Å². The highest BCUT2D eigenvalue weighted by Crippen LogP contribution is 2.28. The number of para-hydroxylation sites is 1. The molecule has 1 aliphatic rings. The van der Waals surface area contributed by atoms with E-state index in [1.165, 1.54) is 11.1 Å². The van der Waals surface area contributed by atoms with E-state index in [2.05, 4.69) is 64.4 Å². The van der Waals surface area contributed by atoms with Gasteiger partial charge in [0.1, 0.15) is 5.69 Å². The summed E-state index contributed by atoms with van der Waals surface area (Å²) < 4.78 is 0. The summed E-state index contributed by atoms with van der Waals surface area (Å²) in [4.78, 5) is 24.1.